The van der Waals surface area contributed by atoms with Crippen LogP contribution in [0.2, 0.25) is 0 Å². The zero-order valence-electron chi connectivity index (χ0n) is 12.1. The van der Waals surface area contributed by atoms with Crippen LogP contribution in [0.1, 0.15) is 44.8 Å². The summed E-state index contributed by atoms with van der Waals surface area (Å²) in [6, 6.07) is 2.26. The highest BCUT2D eigenvalue weighted by molar-refractivity contribution is 9.10. The van der Waals surface area contributed by atoms with Crippen LogP contribution in [-0.2, 0) is 16.6 Å². The number of rotatable bonds is 8. The maximum atomic E-state index is 12.4. The number of sulfonamides is 1. The van der Waals surface area contributed by atoms with E-state index in [2.05, 4.69) is 32.9 Å². The molecule has 118 valence electrons. The van der Waals surface area contributed by atoms with Gasteiger partial charge in [0.25, 0.3) is 0 Å². The molecule has 0 amide bonds. The van der Waals surface area contributed by atoms with E-state index in [1.54, 1.807) is 6.07 Å². The molecule has 0 radical (unpaired) electrons. The van der Waals surface area contributed by atoms with Crippen molar-refractivity contribution in [2.24, 2.45) is 5.92 Å². The monoisotopic (exact) mass is 376 g/mol. The van der Waals surface area contributed by atoms with E-state index in [0.717, 1.165) is 19.3 Å². The van der Waals surface area contributed by atoms with Gasteiger partial charge in [0, 0.05) is 18.2 Å². The standard InChI is InChI=1S/C14H21BrN2O3S/c1-2-3-9-6-12(9)17-21(18,19)13-7-11(20-14(13)15)8-16-10-4-5-10/h7,9-10,12,16-17H,2-6,8H2,1H3. The number of nitrogens with one attached hydrogen (secondary N) is 2. The van der Waals surface area contributed by atoms with E-state index in [4.69, 9.17) is 4.42 Å². The lowest BCUT2D eigenvalue weighted by atomic mass is 10.2. The van der Waals surface area contributed by atoms with E-state index in [-0.39, 0.29) is 15.6 Å². The minimum Gasteiger partial charge on any atom is -0.452 e. The first-order chi connectivity index (χ1) is 9.99. The van der Waals surface area contributed by atoms with Gasteiger partial charge in [-0.1, -0.05) is 13.3 Å². The van der Waals surface area contributed by atoms with Crippen LogP contribution in [0.25, 0.3) is 0 Å². The summed E-state index contributed by atoms with van der Waals surface area (Å²) in [5.41, 5.74) is 0. The number of hydrogen-bond acceptors (Lipinski definition) is 4. The van der Waals surface area contributed by atoms with E-state index in [0.29, 0.717) is 24.3 Å². The van der Waals surface area contributed by atoms with Gasteiger partial charge < -0.3 is 9.73 Å². The fraction of sp³-hybridized carbons (Fsp3) is 0.714. The van der Waals surface area contributed by atoms with E-state index >= 15 is 0 Å². The largest absolute Gasteiger partial charge is 0.452 e. The molecule has 0 bridgehead atoms. The van der Waals surface area contributed by atoms with Crippen molar-refractivity contribution in [1.82, 2.24) is 10.0 Å². The van der Waals surface area contributed by atoms with Crippen molar-refractivity contribution in [3.63, 3.8) is 0 Å². The Morgan fingerprint density at radius 3 is 2.86 bits per heavy atom. The number of halogens is 1. The molecule has 1 aromatic rings. The average Bonchev–Trinajstić information content (AvgIpc) is 3.31. The van der Waals surface area contributed by atoms with Crippen molar-refractivity contribution in [3.8, 4) is 0 Å². The fourth-order valence-corrected chi connectivity index (χ4v) is 4.86. The second-order valence-corrected chi connectivity index (χ2v) is 8.42. The van der Waals surface area contributed by atoms with Gasteiger partial charge in [-0.15, -0.1) is 0 Å². The molecule has 0 spiro atoms. The van der Waals surface area contributed by atoms with E-state index in [1.165, 1.54) is 12.8 Å². The third kappa shape index (κ3) is 3.88. The molecular weight excluding hydrogens is 356 g/mol. The van der Waals surface area contributed by atoms with Crippen LogP contribution in [0.5, 0.6) is 0 Å². The van der Waals surface area contributed by atoms with Gasteiger partial charge in [0.1, 0.15) is 10.7 Å². The highest BCUT2D eigenvalue weighted by Crippen LogP contribution is 2.36. The maximum absolute atomic E-state index is 12.4. The van der Waals surface area contributed by atoms with Crippen molar-refractivity contribution in [3.05, 3.63) is 16.5 Å². The molecule has 1 aromatic heterocycles. The molecule has 2 aliphatic carbocycles. The lowest BCUT2D eigenvalue weighted by Crippen LogP contribution is -2.27. The minimum absolute atomic E-state index is 0.0878. The molecule has 0 aliphatic heterocycles. The smallest absolute Gasteiger partial charge is 0.245 e. The summed E-state index contributed by atoms with van der Waals surface area (Å²) in [5.74, 6) is 1.14. The van der Waals surface area contributed by atoms with Gasteiger partial charge in [0.15, 0.2) is 4.67 Å². The van der Waals surface area contributed by atoms with Crippen molar-refractivity contribution in [2.75, 3.05) is 0 Å². The number of furan rings is 1. The molecule has 2 N–H and O–H groups in total. The van der Waals surface area contributed by atoms with Gasteiger partial charge in [0.05, 0.1) is 6.54 Å². The highest BCUT2D eigenvalue weighted by Gasteiger charge is 2.40. The SMILES string of the molecule is CCCC1CC1NS(=O)(=O)c1cc(CNC2CC2)oc1Br. The summed E-state index contributed by atoms with van der Waals surface area (Å²) in [7, 11) is -3.50. The first-order valence-electron chi connectivity index (χ1n) is 7.53. The molecule has 1 heterocycles. The Morgan fingerprint density at radius 1 is 1.43 bits per heavy atom. The van der Waals surface area contributed by atoms with Crippen molar-refractivity contribution in [1.29, 1.82) is 0 Å². The fourth-order valence-electron chi connectivity index (χ4n) is 2.55. The predicted octanol–water partition coefficient (Wildman–Crippen LogP) is 2.76. The molecule has 21 heavy (non-hydrogen) atoms. The van der Waals surface area contributed by atoms with E-state index < -0.39 is 10.0 Å². The summed E-state index contributed by atoms with van der Waals surface area (Å²) in [6.07, 6.45) is 5.49. The summed E-state index contributed by atoms with van der Waals surface area (Å²) < 4.78 is 33.3. The molecule has 7 heteroatoms. The topological polar surface area (TPSA) is 71.3 Å². The average molecular weight is 377 g/mol. The molecule has 0 aromatic carbocycles. The third-order valence-electron chi connectivity index (χ3n) is 4.03. The second kappa shape index (κ2) is 6.02. The Bertz CT molecular complexity index is 610. The lowest BCUT2D eigenvalue weighted by molar-refractivity contribution is 0.460. The van der Waals surface area contributed by atoms with Crippen molar-refractivity contribution in [2.45, 2.75) is 62.6 Å². The van der Waals surface area contributed by atoms with Crippen molar-refractivity contribution >= 4 is 26.0 Å². The first kappa shape index (κ1) is 15.5. The van der Waals surface area contributed by atoms with Gasteiger partial charge in [-0.05, 0) is 47.5 Å². The highest BCUT2D eigenvalue weighted by atomic mass is 79.9. The Labute approximate surface area is 134 Å². The summed E-state index contributed by atoms with van der Waals surface area (Å²) in [6.45, 7) is 2.69. The van der Waals surface area contributed by atoms with Crippen molar-refractivity contribution < 1.29 is 12.8 Å². The van der Waals surface area contributed by atoms with Crippen LogP contribution in [-0.4, -0.2) is 20.5 Å². The first-order valence-corrected chi connectivity index (χ1v) is 9.81. The lowest BCUT2D eigenvalue weighted by Gasteiger charge is -2.04. The Hall–Kier alpha value is -0.370. The van der Waals surface area contributed by atoms with Gasteiger partial charge >= 0.3 is 0 Å². The van der Waals surface area contributed by atoms with E-state index in [1.807, 2.05) is 0 Å². The Kier molecular flexibility index (Phi) is 4.45. The van der Waals surface area contributed by atoms with E-state index in [9.17, 15) is 8.42 Å². The van der Waals surface area contributed by atoms with Crippen LogP contribution in [0, 0.1) is 5.92 Å². The van der Waals surface area contributed by atoms with Gasteiger partial charge in [0.2, 0.25) is 10.0 Å². The zero-order chi connectivity index (χ0) is 15.0. The predicted molar refractivity (Wildman–Crippen MR) is 83.4 cm³/mol. The molecular formula is C14H21BrN2O3S. The van der Waals surface area contributed by atoms with Crippen LogP contribution >= 0.6 is 15.9 Å². The third-order valence-corrected chi connectivity index (χ3v) is 6.37. The number of hydrogen-bond donors (Lipinski definition) is 2. The molecule has 2 aliphatic rings. The Morgan fingerprint density at radius 2 is 2.19 bits per heavy atom. The van der Waals surface area contributed by atoms with Gasteiger partial charge in [-0.25, -0.2) is 13.1 Å². The molecule has 2 saturated carbocycles. The molecule has 2 atom stereocenters. The van der Waals surface area contributed by atoms with Crippen LogP contribution in [0.3, 0.4) is 0 Å². The molecule has 0 saturated heterocycles. The minimum atomic E-state index is -3.50. The summed E-state index contributed by atoms with van der Waals surface area (Å²) in [5, 5.41) is 3.31. The molecule has 2 unspecified atom stereocenters. The second-order valence-electron chi connectivity index (χ2n) is 6.02. The Balaban J connectivity index is 1.64. The van der Waals surface area contributed by atoms with Gasteiger partial charge in [-0.3, -0.25) is 0 Å². The molecule has 5 nitrogen and oxygen atoms in total. The van der Waals surface area contributed by atoms with Crippen LogP contribution in [0.4, 0.5) is 0 Å². The zero-order valence-corrected chi connectivity index (χ0v) is 14.5. The quantitative estimate of drug-likeness (QED) is 0.731. The van der Waals surface area contributed by atoms with Crippen LogP contribution in [0.15, 0.2) is 20.0 Å². The summed E-state index contributed by atoms with van der Waals surface area (Å²) >= 11 is 3.22. The molecule has 3 rings (SSSR count). The normalized spacial score (nSPS) is 25.2. The van der Waals surface area contributed by atoms with Crippen LogP contribution < -0.4 is 10.0 Å². The maximum Gasteiger partial charge on any atom is 0.245 e. The molecule has 2 fully saturated rings. The summed E-state index contributed by atoms with van der Waals surface area (Å²) in [4.78, 5) is 0.206. The van der Waals surface area contributed by atoms with Gasteiger partial charge in [-0.2, -0.15) is 0 Å².